The molecule has 29 heavy (non-hydrogen) atoms. The van der Waals surface area contributed by atoms with Gasteiger partial charge in [0.2, 0.25) is 0 Å². The highest BCUT2D eigenvalue weighted by molar-refractivity contribution is 6.38. The molecule has 8 heteroatoms. The highest BCUT2D eigenvalue weighted by Crippen LogP contribution is 2.52. The monoisotopic (exact) mass is 436 g/mol. The van der Waals surface area contributed by atoms with Crippen molar-refractivity contribution in [3.05, 3.63) is 33.8 Å². The van der Waals surface area contributed by atoms with E-state index in [9.17, 15) is 9.90 Å². The van der Waals surface area contributed by atoms with Crippen molar-refractivity contribution in [2.75, 3.05) is 0 Å². The van der Waals surface area contributed by atoms with Gasteiger partial charge in [0.1, 0.15) is 11.5 Å². The average molecular weight is 437 g/mol. The summed E-state index contributed by atoms with van der Waals surface area (Å²) in [5.74, 6) is 0.934. The lowest BCUT2D eigenvalue weighted by Gasteiger charge is -2.48. The number of hydrogen-bond donors (Lipinski definition) is 1. The van der Waals surface area contributed by atoms with E-state index in [1.54, 1.807) is 0 Å². The fourth-order valence-electron chi connectivity index (χ4n) is 5.00. The van der Waals surface area contributed by atoms with Crippen LogP contribution in [0, 0.1) is 11.3 Å². The molecule has 0 spiro atoms. The van der Waals surface area contributed by atoms with Crippen LogP contribution in [0.25, 0.3) is 11.3 Å². The summed E-state index contributed by atoms with van der Waals surface area (Å²) in [5, 5.41) is 15.0. The first-order valence-electron chi connectivity index (χ1n) is 10.1. The van der Waals surface area contributed by atoms with Gasteiger partial charge in [0.05, 0.1) is 28.2 Å². The molecule has 2 heterocycles. The Morgan fingerprint density at radius 2 is 1.90 bits per heavy atom. The van der Waals surface area contributed by atoms with Crippen LogP contribution in [0.15, 0.2) is 16.9 Å². The van der Waals surface area contributed by atoms with Crippen LogP contribution in [-0.2, 0) is 16.1 Å². The number of ether oxygens (including phenoxy) is 1. The Kier molecular flexibility index (Phi) is 4.84. The van der Waals surface area contributed by atoms with Crippen molar-refractivity contribution >= 4 is 29.2 Å². The van der Waals surface area contributed by atoms with Crippen LogP contribution in [-0.4, -0.2) is 27.3 Å². The average Bonchev–Trinajstić information content (AvgIpc) is 3.48. The largest absolute Gasteiger partial charge is 0.481 e. The standard InChI is InChI=1S/C21H22Cl2N2O4/c22-14-8-24-9-15(23)17(14)18-13(19(29-25-18)12-1-2-12)10-28-16-7-11-3-5-21(16,6-4-11)20(26)27/h8-9,11-12,16H,1-7,10H2,(H,26,27). The summed E-state index contributed by atoms with van der Waals surface area (Å²) in [6.07, 6.45) is 8.95. The number of carboxylic acid groups (broad SMARTS) is 1. The summed E-state index contributed by atoms with van der Waals surface area (Å²) >= 11 is 12.7. The van der Waals surface area contributed by atoms with Crippen molar-refractivity contribution in [2.45, 2.75) is 63.6 Å². The highest BCUT2D eigenvalue weighted by Gasteiger charge is 2.53. The van der Waals surface area contributed by atoms with Gasteiger partial charge < -0.3 is 14.4 Å². The van der Waals surface area contributed by atoms with Gasteiger partial charge in [0.25, 0.3) is 0 Å². The van der Waals surface area contributed by atoms with Crippen molar-refractivity contribution < 1.29 is 19.2 Å². The minimum atomic E-state index is -0.780. The Labute approximate surface area is 178 Å². The van der Waals surface area contributed by atoms with E-state index in [2.05, 4.69) is 10.1 Å². The van der Waals surface area contributed by atoms with Crippen molar-refractivity contribution in [2.24, 2.45) is 11.3 Å². The first-order chi connectivity index (χ1) is 14.0. The first-order valence-corrected chi connectivity index (χ1v) is 10.9. The Morgan fingerprint density at radius 1 is 1.21 bits per heavy atom. The van der Waals surface area contributed by atoms with Gasteiger partial charge >= 0.3 is 5.97 Å². The molecule has 2 aromatic rings. The molecule has 2 aromatic heterocycles. The molecule has 0 aromatic carbocycles. The zero-order valence-corrected chi connectivity index (χ0v) is 17.4. The minimum absolute atomic E-state index is 0.242. The van der Waals surface area contributed by atoms with Crippen LogP contribution in [0.2, 0.25) is 10.0 Å². The number of nitrogens with zero attached hydrogens (tertiary/aromatic N) is 2. The number of aliphatic carboxylic acids is 1. The molecule has 4 aliphatic rings. The predicted octanol–water partition coefficient (Wildman–Crippen LogP) is 5.47. The third-order valence-corrected chi connectivity index (χ3v) is 7.45. The maximum absolute atomic E-state index is 12.1. The van der Waals surface area contributed by atoms with Crippen molar-refractivity contribution in [3.8, 4) is 11.3 Å². The second-order valence-corrected chi connectivity index (χ2v) is 9.38. The van der Waals surface area contributed by atoms with Crippen LogP contribution in [0.3, 0.4) is 0 Å². The van der Waals surface area contributed by atoms with E-state index in [1.807, 2.05) is 0 Å². The molecular formula is C21H22Cl2N2O4. The van der Waals surface area contributed by atoms with Gasteiger partial charge in [-0.05, 0) is 50.9 Å². The zero-order valence-electron chi connectivity index (χ0n) is 15.9. The lowest BCUT2D eigenvalue weighted by atomic mass is 9.59. The lowest BCUT2D eigenvalue weighted by Crippen LogP contribution is -2.51. The van der Waals surface area contributed by atoms with E-state index in [-0.39, 0.29) is 12.7 Å². The van der Waals surface area contributed by atoms with Crippen LogP contribution in [0.4, 0.5) is 0 Å². The normalized spacial score (nSPS) is 28.6. The maximum Gasteiger partial charge on any atom is 0.312 e. The molecule has 4 aliphatic carbocycles. The summed E-state index contributed by atoms with van der Waals surface area (Å²) in [5.41, 5.74) is 1.19. The molecule has 0 radical (unpaired) electrons. The van der Waals surface area contributed by atoms with Crippen LogP contribution >= 0.6 is 23.2 Å². The molecule has 1 atom stereocenters. The van der Waals surface area contributed by atoms with Crippen LogP contribution < -0.4 is 0 Å². The Morgan fingerprint density at radius 3 is 2.52 bits per heavy atom. The Balaban J connectivity index is 1.47. The van der Waals surface area contributed by atoms with Gasteiger partial charge in [0.15, 0.2) is 0 Å². The van der Waals surface area contributed by atoms with Crippen molar-refractivity contribution in [1.29, 1.82) is 0 Å². The fraction of sp³-hybridized carbons (Fsp3) is 0.571. The molecule has 2 bridgehead atoms. The van der Waals surface area contributed by atoms with Gasteiger partial charge in [-0.1, -0.05) is 28.4 Å². The van der Waals surface area contributed by atoms with Crippen molar-refractivity contribution in [1.82, 2.24) is 10.1 Å². The van der Waals surface area contributed by atoms with Crippen LogP contribution in [0.1, 0.15) is 62.2 Å². The lowest BCUT2D eigenvalue weighted by molar-refractivity contribution is -0.178. The Hall–Kier alpha value is -1.63. The van der Waals surface area contributed by atoms with Gasteiger partial charge in [-0.3, -0.25) is 9.78 Å². The smallest absolute Gasteiger partial charge is 0.312 e. The molecule has 0 amide bonds. The van der Waals surface area contributed by atoms with E-state index in [1.165, 1.54) is 12.4 Å². The molecule has 4 saturated carbocycles. The SMILES string of the molecule is O=C(O)C12CCC(CC1)CC2OCc1c(-c2c(Cl)cncc2Cl)noc1C1CC1. The second kappa shape index (κ2) is 7.25. The molecule has 1 unspecified atom stereocenters. The molecule has 6 nitrogen and oxygen atoms in total. The Bertz CT molecular complexity index is 928. The van der Waals surface area contributed by atoms with Crippen LogP contribution in [0.5, 0.6) is 0 Å². The summed E-state index contributed by atoms with van der Waals surface area (Å²) in [6, 6.07) is 0. The molecule has 154 valence electrons. The van der Waals surface area contributed by atoms with Gasteiger partial charge in [-0.15, -0.1) is 0 Å². The van der Waals surface area contributed by atoms with Crippen molar-refractivity contribution in [3.63, 3.8) is 0 Å². The number of halogens is 2. The number of aromatic nitrogens is 2. The van der Waals surface area contributed by atoms with E-state index in [0.29, 0.717) is 46.0 Å². The molecule has 4 fully saturated rings. The van der Waals surface area contributed by atoms with E-state index < -0.39 is 11.4 Å². The number of fused-ring (bicyclic) bond motifs is 3. The highest BCUT2D eigenvalue weighted by atomic mass is 35.5. The topological polar surface area (TPSA) is 85.5 Å². The summed E-state index contributed by atoms with van der Waals surface area (Å²) < 4.78 is 12.0. The second-order valence-electron chi connectivity index (χ2n) is 8.57. The fourth-order valence-corrected chi connectivity index (χ4v) is 5.55. The number of hydrogen-bond acceptors (Lipinski definition) is 5. The van der Waals surface area contributed by atoms with E-state index >= 15 is 0 Å². The quantitative estimate of drug-likeness (QED) is 0.645. The number of pyridine rings is 1. The predicted molar refractivity (Wildman–Crippen MR) is 107 cm³/mol. The summed E-state index contributed by atoms with van der Waals surface area (Å²) in [7, 11) is 0. The number of carbonyl (C=O) groups is 1. The minimum Gasteiger partial charge on any atom is -0.481 e. The molecular weight excluding hydrogens is 415 g/mol. The van der Waals surface area contributed by atoms with Gasteiger partial charge in [-0.25, -0.2) is 0 Å². The molecule has 0 saturated heterocycles. The van der Waals surface area contributed by atoms with E-state index in [0.717, 1.165) is 43.4 Å². The van der Waals surface area contributed by atoms with Gasteiger partial charge in [0, 0.05) is 29.4 Å². The number of rotatable bonds is 6. The maximum atomic E-state index is 12.1. The zero-order chi connectivity index (χ0) is 20.2. The summed E-state index contributed by atoms with van der Waals surface area (Å²) in [4.78, 5) is 16.1. The molecule has 6 rings (SSSR count). The van der Waals surface area contributed by atoms with Gasteiger partial charge in [-0.2, -0.15) is 0 Å². The summed E-state index contributed by atoms with van der Waals surface area (Å²) in [6.45, 7) is 0.242. The molecule has 1 N–H and O–H groups in total. The first kappa shape index (κ1) is 19.3. The third kappa shape index (κ3) is 3.25. The number of carboxylic acids is 1. The third-order valence-electron chi connectivity index (χ3n) is 6.87. The molecule has 0 aliphatic heterocycles. The van der Waals surface area contributed by atoms with E-state index in [4.69, 9.17) is 32.5 Å².